The molecule has 0 saturated heterocycles. The predicted molar refractivity (Wildman–Crippen MR) is 131 cm³/mol. The SMILES string of the molecule is COc1ccc(C)c(-n2c(NC(=O)OC(C)(C)C)c(C#N)c3c(C(F)(F)F)nc4c(ncn4C)c32)c1C. The van der Waals surface area contributed by atoms with Crippen LogP contribution in [0.4, 0.5) is 23.8 Å². The number of pyridine rings is 1. The van der Waals surface area contributed by atoms with Gasteiger partial charge < -0.3 is 14.0 Å². The molecule has 3 aromatic heterocycles. The van der Waals surface area contributed by atoms with Crippen LogP contribution in [0.5, 0.6) is 5.75 Å². The molecule has 1 N–H and O–H groups in total. The molecular formula is C25H25F3N6O3. The number of ether oxygens (including phenoxy) is 2. The molecule has 0 spiro atoms. The Kier molecular flexibility index (Phi) is 6.06. The zero-order chi connectivity index (χ0) is 27.4. The summed E-state index contributed by atoms with van der Waals surface area (Å²) in [5.41, 5.74) is -0.877. The quantitative estimate of drug-likeness (QED) is 0.372. The van der Waals surface area contributed by atoms with Gasteiger partial charge in [0, 0.05) is 12.6 Å². The fourth-order valence-electron chi connectivity index (χ4n) is 4.35. The topological polar surface area (TPSA) is 107 Å². The fraction of sp³-hybridized carbons (Fsp3) is 0.360. The number of alkyl halides is 3. The van der Waals surface area contributed by atoms with Gasteiger partial charge in [-0.15, -0.1) is 0 Å². The second-order valence-corrected chi connectivity index (χ2v) is 9.57. The Labute approximate surface area is 210 Å². The number of carbonyl (C=O) groups excluding carboxylic acids is 1. The van der Waals surface area contributed by atoms with Gasteiger partial charge in [-0.2, -0.15) is 18.4 Å². The van der Waals surface area contributed by atoms with Gasteiger partial charge in [-0.3, -0.25) is 9.88 Å². The van der Waals surface area contributed by atoms with E-state index in [9.17, 15) is 23.2 Å². The highest BCUT2D eigenvalue weighted by molar-refractivity contribution is 6.10. The van der Waals surface area contributed by atoms with E-state index in [0.717, 1.165) is 0 Å². The van der Waals surface area contributed by atoms with Crippen molar-refractivity contribution in [1.29, 1.82) is 5.26 Å². The monoisotopic (exact) mass is 514 g/mol. The van der Waals surface area contributed by atoms with Crippen LogP contribution in [0.2, 0.25) is 0 Å². The number of anilines is 1. The Morgan fingerprint density at radius 3 is 2.43 bits per heavy atom. The van der Waals surface area contributed by atoms with Crippen LogP contribution in [0.3, 0.4) is 0 Å². The van der Waals surface area contributed by atoms with Crippen molar-refractivity contribution in [2.24, 2.45) is 7.05 Å². The second-order valence-electron chi connectivity index (χ2n) is 9.57. The van der Waals surface area contributed by atoms with Gasteiger partial charge in [-0.25, -0.2) is 14.8 Å². The molecule has 0 bridgehead atoms. The normalized spacial score (nSPS) is 12.1. The van der Waals surface area contributed by atoms with Gasteiger partial charge in [0.1, 0.15) is 34.3 Å². The van der Waals surface area contributed by atoms with Crippen molar-refractivity contribution in [2.45, 2.75) is 46.4 Å². The highest BCUT2D eigenvalue weighted by Crippen LogP contribution is 2.44. The average Bonchev–Trinajstić information content (AvgIpc) is 3.29. The third-order valence-corrected chi connectivity index (χ3v) is 5.78. The van der Waals surface area contributed by atoms with Gasteiger partial charge in [-0.05, 0) is 46.2 Å². The summed E-state index contributed by atoms with van der Waals surface area (Å²) in [4.78, 5) is 21.0. The molecule has 3 heterocycles. The minimum Gasteiger partial charge on any atom is -0.496 e. The number of hydrogen-bond acceptors (Lipinski definition) is 6. The summed E-state index contributed by atoms with van der Waals surface area (Å²) in [5, 5.41) is 12.2. The molecule has 0 fully saturated rings. The number of rotatable bonds is 3. The van der Waals surface area contributed by atoms with Crippen LogP contribution in [0.15, 0.2) is 18.5 Å². The number of halogens is 3. The molecule has 0 saturated carbocycles. The molecule has 37 heavy (non-hydrogen) atoms. The van der Waals surface area contributed by atoms with Crippen LogP contribution in [0, 0.1) is 25.2 Å². The number of methoxy groups -OCH3 is 1. The third-order valence-electron chi connectivity index (χ3n) is 5.78. The third kappa shape index (κ3) is 4.30. The lowest BCUT2D eigenvalue weighted by molar-refractivity contribution is -0.139. The van der Waals surface area contributed by atoms with Gasteiger partial charge >= 0.3 is 12.3 Å². The van der Waals surface area contributed by atoms with E-state index in [1.807, 2.05) is 6.07 Å². The maximum absolute atomic E-state index is 14.4. The van der Waals surface area contributed by atoms with E-state index in [1.54, 1.807) is 46.8 Å². The van der Waals surface area contributed by atoms with Crippen LogP contribution in [0.25, 0.3) is 27.8 Å². The van der Waals surface area contributed by atoms with Gasteiger partial charge in [0.05, 0.1) is 30.0 Å². The molecule has 0 aliphatic carbocycles. The van der Waals surface area contributed by atoms with Crippen molar-refractivity contribution >= 4 is 34.0 Å². The minimum absolute atomic E-state index is 0.0278. The Morgan fingerprint density at radius 2 is 1.86 bits per heavy atom. The summed E-state index contributed by atoms with van der Waals surface area (Å²) < 4.78 is 56.7. The Morgan fingerprint density at radius 1 is 1.19 bits per heavy atom. The van der Waals surface area contributed by atoms with Gasteiger partial charge in [0.25, 0.3) is 0 Å². The molecule has 9 nitrogen and oxygen atoms in total. The molecule has 194 valence electrons. The van der Waals surface area contributed by atoms with Gasteiger partial charge in [0.2, 0.25) is 0 Å². The van der Waals surface area contributed by atoms with Crippen LogP contribution in [0.1, 0.15) is 43.2 Å². The minimum atomic E-state index is -4.91. The first kappa shape index (κ1) is 25.8. The number of carbonyl (C=O) groups is 1. The predicted octanol–water partition coefficient (Wildman–Crippen LogP) is 5.78. The van der Waals surface area contributed by atoms with Crippen LogP contribution < -0.4 is 10.1 Å². The summed E-state index contributed by atoms with van der Waals surface area (Å²) in [7, 11) is 2.99. The molecule has 0 radical (unpaired) electrons. The van der Waals surface area contributed by atoms with E-state index in [1.165, 1.54) is 29.6 Å². The molecule has 0 aliphatic rings. The zero-order valence-corrected chi connectivity index (χ0v) is 21.3. The number of aromatic nitrogens is 4. The van der Waals surface area contributed by atoms with Crippen LogP contribution >= 0.6 is 0 Å². The average molecular weight is 515 g/mol. The van der Waals surface area contributed by atoms with E-state index in [2.05, 4.69) is 15.3 Å². The second kappa shape index (κ2) is 8.69. The molecule has 0 atom stereocenters. The summed E-state index contributed by atoms with van der Waals surface area (Å²) in [6.45, 7) is 8.43. The lowest BCUT2D eigenvalue weighted by atomic mass is 10.1. The summed E-state index contributed by atoms with van der Waals surface area (Å²) in [6.07, 6.45) is -4.51. The first-order valence-electron chi connectivity index (χ1n) is 11.2. The lowest BCUT2D eigenvalue weighted by Gasteiger charge is -2.22. The summed E-state index contributed by atoms with van der Waals surface area (Å²) in [5.74, 6) is 0.267. The first-order valence-corrected chi connectivity index (χ1v) is 11.2. The summed E-state index contributed by atoms with van der Waals surface area (Å²) >= 11 is 0. The van der Waals surface area contributed by atoms with Gasteiger partial charge in [0.15, 0.2) is 11.3 Å². The molecule has 0 unspecified atom stereocenters. The Balaban J connectivity index is 2.27. The van der Waals surface area contributed by atoms with E-state index in [0.29, 0.717) is 22.6 Å². The highest BCUT2D eigenvalue weighted by Gasteiger charge is 2.40. The maximum atomic E-state index is 14.4. The molecule has 0 aliphatic heterocycles. The highest BCUT2D eigenvalue weighted by atomic mass is 19.4. The molecule has 12 heteroatoms. The summed E-state index contributed by atoms with van der Waals surface area (Å²) in [6, 6.07) is 5.31. The van der Waals surface area contributed by atoms with Crippen LogP contribution in [-0.4, -0.2) is 37.9 Å². The lowest BCUT2D eigenvalue weighted by Crippen LogP contribution is -2.28. The standard InChI is InChI=1S/C25H25F3N6O3/c1-12-8-9-15(36-7)13(2)18(12)34-19-16(14(10-29)21(34)32-23(35)37-24(3,4)5)20(25(26,27)28)31-22-17(19)30-11-33(22)6/h8-9,11H,1-7H3,(H,32,35). The largest absolute Gasteiger partial charge is 0.496 e. The number of amides is 1. The molecule has 4 aromatic rings. The zero-order valence-electron chi connectivity index (χ0n) is 21.3. The molecule has 1 amide bonds. The molecule has 1 aromatic carbocycles. The smallest absolute Gasteiger partial charge is 0.434 e. The van der Waals surface area contributed by atoms with E-state index >= 15 is 0 Å². The van der Waals surface area contributed by atoms with Crippen molar-refractivity contribution in [3.63, 3.8) is 0 Å². The number of nitrogens with one attached hydrogen (secondary N) is 1. The first-order chi connectivity index (χ1) is 17.2. The van der Waals surface area contributed by atoms with Crippen molar-refractivity contribution in [3.05, 3.63) is 40.8 Å². The number of hydrogen-bond donors (Lipinski definition) is 1. The Hall–Kier alpha value is -4.27. The van der Waals surface area contributed by atoms with Crippen molar-refractivity contribution < 1.29 is 27.4 Å². The van der Waals surface area contributed by atoms with Crippen molar-refractivity contribution in [1.82, 2.24) is 19.1 Å². The fourth-order valence-corrected chi connectivity index (χ4v) is 4.35. The number of nitriles is 1. The number of fused-ring (bicyclic) bond motifs is 3. The van der Waals surface area contributed by atoms with Crippen molar-refractivity contribution in [3.8, 4) is 17.5 Å². The van der Waals surface area contributed by atoms with E-state index in [4.69, 9.17) is 9.47 Å². The van der Waals surface area contributed by atoms with Crippen molar-refractivity contribution in [2.75, 3.05) is 12.4 Å². The molecular weight excluding hydrogens is 489 g/mol. The molecule has 4 rings (SSSR count). The number of benzene rings is 1. The van der Waals surface area contributed by atoms with E-state index in [-0.39, 0.29) is 22.5 Å². The maximum Gasteiger partial charge on any atom is 0.434 e. The Bertz CT molecular complexity index is 1600. The number of aryl methyl sites for hydroxylation is 2. The van der Waals surface area contributed by atoms with E-state index < -0.39 is 34.5 Å². The number of imidazole rings is 1. The number of nitrogens with zero attached hydrogens (tertiary/aromatic N) is 5. The van der Waals surface area contributed by atoms with Crippen LogP contribution in [-0.2, 0) is 18.0 Å². The van der Waals surface area contributed by atoms with Gasteiger partial charge in [-0.1, -0.05) is 6.07 Å².